The Morgan fingerprint density at radius 2 is 2.27 bits per heavy atom. The predicted molar refractivity (Wildman–Crippen MR) is 53.2 cm³/mol. The number of nitrogens with two attached hydrogens (primary N) is 1. The van der Waals surface area contributed by atoms with Crippen LogP contribution in [-0.2, 0) is 5.33 Å². The molecule has 0 fully saturated rings. The molecule has 3 N–H and O–H groups in total. The van der Waals surface area contributed by atoms with Gasteiger partial charge in [0.15, 0.2) is 0 Å². The van der Waals surface area contributed by atoms with Crippen LogP contribution in [0, 0.1) is 0 Å². The van der Waals surface area contributed by atoms with Crippen LogP contribution in [0.15, 0.2) is 6.20 Å². The van der Waals surface area contributed by atoms with Crippen LogP contribution >= 0.6 is 15.9 Å². The molecule has 0 spiro atoms. The summed E-state index contributed by atoms with van der Waals surface area (Å²) < 4.78 is 25.1. The number of pyridine rings is 1. The number of aromatic carboxylic acids is 1. The van der Waals surface area contributed by atoms with Crippen LogP contribution in [0.2, 0.25) is 0 Å². The van der Waals surface area contributed by atoms with E-state index in [0.717, 1.165) is 0 Å². The van der Waals surface area contributed by atoms with E-state index in [4.69, 9.17) is 10.8 Å². The van der Waals surface area contributed by atoms with Gasteiger partial charge in [-0.25, -0.2) is 18.6 Å². The van der Waals surface area contributed by atoms with Crippen molar-refractivity contribution in [2.75, 3.05) is 5.73 Å². The van der Waals surface area contributed by atoms with Gasteiger partial charge in [-0.3, -0.25) is 0 Å². The lowest BCUT2D eigenvalue weighted by Gasteiger charge is -2.10. The van der Waals surface area contributed by atoms with Gasteiger partial charge in [0.05, 0.1) is 11.1 Å². The summed E-state index contributed by atoms with van der Waals surface area (Å²) in [6.45, 7) is 0. The molecule has 82 valence electrons. The minimum Gasteiger partial charge on any atom is -0.478 e. The van der Waals surface area contributed by atoms with Gasteiger partial charge in [-0.05, 0) is 5.56 Å². The largest absolute Gasteiger partial charge is 0.478 e. The summed E-state index contributed by atoms with van der Waals surface area (Å²) >= 11 is 3.00. The number of carboxylic acid groups (broad SMARTS) is 1. The molecule has 0 saturated carbocycles. The van der Waals surface area contributed by atoms with Crippen LogP contribution in [0.4, 0.5) is 14.6 Å². The van der Waals surface area contributed by atoms with Gasteiger partial charge in [0.2, 0.25) is 0 Å². The van der Waals surface area contributed by atoms with Gasteiger partial charge in [0, 0.05) is 11.5 Å². The van der Waals surface area contributed by atoms with Crippen LogP contribution in [0.3, 0.4) is 0 Å². The summed E-state index contributed by atoms with van der Waals surface area (Å²) in [6.07, 6.45) is -1.79. The Bertz CT molecular complexity index is 398. The Morgan fingerprint density at radius 3 is 2.67 bits per heavy atom. The first kappa shape index (κ1) is 11.8. The Balaban J connectivity index is 3.51. The third-order valence-electron chi connectivity index (χ3n) is 1.80. The molecule has 0 aromatic carbocycles. The number of hydrogen-bond acceptors (Lipinski definition) is 3. The van der Waals surface area contributed by atoms with Crippen molar-refractivity contribution in [1.82, 2.24) is 4.98 Å². The van der Waals surface area contributed by atoms with Gasteiger partial charge < -0.3 is 10.8 Å². The summed E-state index contributed by atoms with van der Waals surface area (Å²) in [5, 5.41) is 8.94. The summed E-state index contributed by atoms with van der Waals surface area (Å²) in [4.78, 5) is 14.3. The van der Waals surface area contributed by atoms with Gasteiger partial charge in [0.25, 0.3) is 6.43 Å². The van der Waals surface area contributed by atoms with Gasteiger partial charge in [0.1, 0.15) is 5.82 Å². The number of carboxylic acids is 1. The molecule has 1 aromatic rings. The van der Waals surface area contributed by atoms with Gasteiger partial charge in [-0.15, -0.1) is 0 Å². The fourth-order valence-electron chi connectivity index (χ4n) is 1.16. The van der Waals surface area contributed by atoms with E-state index in [-0.39, 0.29) is 10.9 Å². The van der Waals surface area contributed by atoms with Crippen molar-refractivity contribution in [1.29, 1.82) is 0 Å². The second kappa shape index (κ2) is 4.52. The molecule has 0 bridgehead atoms. The number of nitrogens with zero attached hydrogens (tertiary/aromatic N) is 1. The summed E-state index contributed by atoms with van der Waals surface area (Å²) in [5.41, 5.74) is 4.19. The highest BCUT2D eigenvalue weighted by Crippen LogP contribution is 2.30. The first-order valence-electron chi connectivity index (χ1n) is 3.83. The normalized spacial score (nSPS) is 10.7. The molecule has 0 amide bonds. The molecule has 7 heteroatoms. The number of alkyl halides is 3. The Morgan fingerprint density at radius 1 is 1.67 bits per heavy atom. The van der Waals surface area contributed by atoms with Gasteiger partial charge in [-0.1, -0.05) is 15.9 Å². The van der Waals surface area contributed by atoms with Crippen molar-refractivity contribution in [3.05, 3.63) is 22.9 Å². The van der Waals surface area contributed by atoms with E-state index >= 15 is 0 Å². The zero-order chi connectivity index (χ0) is 11.6. The maximum atomic E-state index is 12.6. The highest BCUT2D eigenvalue weighted by molar-refractivity contribution is 9.08. The molecule has 15 heavy (non-hydrogen) atoms. The summed E-state index contributed by atoms with van der Waals surface area (Å²) in [7, 11) is 0. The maximum Gasteiger partial charge on any atom is 0.336 e. The molecule has 0 unspecified atom stereocenters. The third-order valence-corrected chi connectivity index (χ3v) is 2.41. The number of aromatic nitrogens is 1. The van der Waals surface area contributed by atoms with E-state index in [1.54, 1.807) is 0 Å². The summed E-state index contributed by atoms with van der Waals surface area (Å²) in [5.74, 6) is -1.89. The fourth-order valence-corrected chi connectivity index (χ4v) is 1.58. The molecule has 4 nitrogen and oxygen atoms in total. The second-order valence-corrected chi connectivity index (χ2v) is 3.26. The van der Waals surface area contributed by atoms with Crippen molar-refractivity contribution >= 4 is 27.7 Å². The summed E-state index contributed by atoms with van der Waals surface area (Å²) in [6, 6.07) is 0. The number of rotatable bonds is 3. The van der Waals surface area contributed by atoms with Crippen LogP contribution < -0.4 is 5.73 Å². The molecule has 0 aliphatic carbocycles. The maximum absolute atomic E-state index is 12.6. The monoisotopic (exact) mass is 280 g/mol. The molecule has 0 radical (unpaired) electrons. The SMILES string of the molecule is Nc1ncc(CBr)c(C(=O)O)c1C(F)F. The molecule has 1 heterocycles. The quantitative estimate of drug-likeness (QED) is 0.833. The molecule has 1 rings (SSSR count). The van der Waals surface area contributed by atoms with E-state index in [2.05, 4.69) is 20.9 Å². The Kier molecular flexibility index (Phi) is 3.57. The Hall–Kier alpha value is -1.24. The average molecular weight is 281 g/mol. The van der Waals surface area contributed by atoms with Crippen LogP contribution in [-0.4, -0.2) is 16.1 Å². The second-order valence-electron chi connectivity index (χ2n) is 2.70. The van der Waals surface area contributed by atoms with Crippen molar-refractivity contribution in [3.8, 4) is 0 Å². The first-order valence-corrected chi connectivity index (χ1v) is 4.95. The minimum absolute atomic E-state index is 0.127. The van der Waals surface area contributed by atoms with Crippen LogP contribution in [0.1, 0.15) is 27.9 Å². The molecule has 0 aliphatic rings. The molecule has 0 aliphatic heterocycles. The fraction of sp³-hybridized carbons (Fsp3) is 0.250. The molecule has 0 atom stereocenters. The molecule has 1 aromatic heterocycles. The van der Waals surface area contributed by atoms with E-state index in [0.29, 0.717) is 0 Å². The lowest BCUT2D eigenvalue weighted by atomic mass is 10.0. The van der Waals surface area contributed by atoms with E-state index in [1.165, 1.54) is 6.20 Å². The smallest absolute Gasteiger partial charge is 0.336 e. The van der Waals surface area contributed by atoms with E-state index < -0.39 is 29.3 Å². The van der Waals surface area contributed by atoms with Crippen molar-refractivity contribution < 1.29 is 18.7 Å². The van der Waals surface area contributed by atoms with Crippen LogP contribution in [0.5, 0.6) is 0 Å². The molecular weight excluding hydrogens is 274 g/mol. The van der Waals surface area contributed by atoms with Crippen molar-refractivity contribution in [2.24, 2.45) is 0 Å². The van der Waals surface area contributed by atoms with E-state index in [1.807, 2.05) is 0 Å². The van der Waals surface area contributed by atoms with Crippen molar-refractivity contribution in [3.63, 3.8) is 0 Å². The Labute approximate surface area is 92.2 Å². The van der Waals surface area contributed by atoms with Gasteiger partial charge >= 0.3 is 5.97 Å². The highest BCUT2D eigenvalue weighted by atomic mass is 79.9. The van der Waals surface area contributed by atoms with E-state index in [9.17, 15) is 13.6 Å². The van der Waals surface area contributed by atoms with Crippen LogP contribution in [0.25, 0.3) is 0 Å². The number of halogens is 3. The minimum atomic E-state index is -2.96. The zero-order valence-electron chi connectivity index (χ0n) is 7.38. The number of nitrogen functional groups attached to an aromatic ring is 1. The third kappa shape index (κ3) is 2.23. The molecule has 0 saturated heterocycles. The zero-order valence-corrected chi connectivity index (χ0v) is 8.96. The predicted octanol–water partition coefficient (Wildman–Crippen LogP) is 2.19. The number of carbonyl (C=O) groups is 1. The lowest BCUT2D eigenvalue weighted by Crippen LogP contribution is -2.11. The number of hydrogen-bond donors (Lipinski definition) is 2. The first-order chi connectivity index (χ1) is 6.99. The highest BCUT2D eigenvalue weighted by Gasteiger charge is 2.24. The number of anilines is 1. The standard InChI is InChI=1S/C8H7BrF2N2O2/c9-1-3-2-13-7(12)5(6(10)11)4(3)8(14)15/h2,6H,1H2,(H2,12,13)(H,14,15). The van der Waals surface area contributed by atoms with Gasteiger partial charge in [-0.2, -0.15) is 0 Å². The average Bonchev–Trinajstić information content (AvgIpc) is 2.16. The topological polar surface area (TPSA) is 76.2 Å². The molecular formula is C8H7BrF2N2O2. The lowest BCUT2D eigenvalue weighted by molar-refractivity contribution is 0.0683. The van der Waals surface area contributed by atoms with Crippen molar-refractivity contribution in [2.45, 2.75) is 11.8 Å².